The van der Waals surface area contributed by atoms with Gasteiger partial charge in [-0.3, -0.25) is 9.59 Å². The number of nitrogens with one attached hydrogen (secondary N) is 2. The maximum absolute atomic E-state index is 12.2. The molecule has 0 bridgehead atoms. The van der Waals surface area contributed by atoms with Crippen molar-refractivity contribution in [1.29, 1.82) is 0 Å². The lowest BCUT2D eigenvalue weighted by Crippen LogP contribution is -3.11. The quantitative estimate of drug-likeness (QED) is 0.590. The van der Waals surface area contributed by atoms with E-state index in [2.05, 4.69) is 5.32 Å². The Morgan fingerprint density at radius 1 is 1.12 bits per heavy atom. The van der Waals surface area contributed by atoms with E-state index in [9.17, 15) is 14.4 Å². The van der Waals surface area contributed by atoms with Gasteiger partial charge >= 0.3 is 6.09 Å². The lowest BCUT2D eigenvalue weighted by molar-refractivity contribution is -0.863. The van der Waals surface area contributed by atoms with Gasteiger partial charge in [0.05, 0.1) is 13.7 Å². The first kappa shape index (κ1) is 21.2. The van der Waals surface area contributed by atoms with Gasteiger partial charge in [-0.2, -0.15) is 0 Å². The van der Waals surface area contributed by atoms with Gasteiger partial charge in [-0.15, -0.1) is 0 Å². The Hall–Kier alpha value is -1.83. The van der Waals surface area contributed by atoms with Crippen LogP contribution in [0.1, 0.15) is 33.6 Å². The van der Waals surface area contributed by atoms with Crippen LogP contribution in [0.3, 0.4) is 0 Å². The molecular weight excluding hydrogens is 324 g/mol. The Bertz CT molecular complexity index is 446. The number of piperidine rings is 1. The highest BCUT2D eigenvalue weighted by molar-refractivity contribution is 5.79. The number of hydrogen-bond donors (Lipinski definition) is 2. The summed E-state index contributed by atoms with van der Waals surface area (Å²) < 4.78 is 4.99. The van der Waals surface area contributed by atoms with Crippen LogP contribution >= 0.6 is 0 Å². The molecular formula is C17H33N4O4+. The zero-order valence-corrected chi connectivity index (χ0v) is 16.0. The average Bonchev–Trinajstić information content (AvgIpc) is 2.56. The van der Waals surface area contributed by atoms with E-state index in [-0.39, 0.29) is 30.5 Å². The van der Waals surface area contributed by atoms with Crippen LogP contribution < -0.4 is 10.2 Å². The summed E-state index contributed by atoms with van der Waals surface area (Å²) in [7, 11) is 1.85. The standard InChI is InChI=1S/C17H32N4O4/c1-5-20(6-2)16(23)13-19(4)12-15(22)18-14-8-10-21(11-9-14)17(24)25-7-3/h14H,5-13H2,1-4H3,(H,18,22)/p+1. The predicted octanol–water partition coefficient (Wildman–Crippen LogP) is -0.893. The normalized spacial score (nSPS) is 16.2. The first-order valence-corrected chi connectivity index (χ1v) is 9.21. The molecule has 1 aliphatic heterocycles. The van der Waals surface area contributed by atoms with Crippen molar-refractivity contribution in [3.63, 3.8) is 0 Å². The van der Waals surface area contributed by atoms with Crippen molar-refractivity contribution >= 4 is 17.9 Å². The van der Waals surface area contributed by atoms with Crippen LogP contribution in [0.25, 0.3) is 0 Å². The molecule has 0 saturated carbocycles. The summed E-state index contributed by atoms with van der Waals surface area (Å²) in [5, 5.41) is 3.01. The third-order valence-electron chi connectivity index (χ3n) is 4.42. The first-order valence-electron chi connectivity index (χ1n) is 9.21. The molecule has 0 aliphatic carbocycles. The number of ether oxygens (including phenoxy) is 1. The minimum absolute atomic E-state index is 0.0561. The highest BCUT2D eigenvalue weighted by Crippen LogP contribution is 2.11. The van der Waals surface area contributed by atoms with Crippen LogP contribution in [0.4, 0.5) is 4.79 Å². The SMILES string of the molecule is CCOC(=O)N1CCC(NC(=O)C[NH+](C)CC(=O)N(CC)CC)CC1. The van der Waals surface area contributed by atoms with Crippen LogP contribution in [-0.4, -0.2) is 86.7 Å². The number of hydrogen-bond acceptors (Lipinski definition) is 4. The van der Waals surface area contributed by atoms with E-state index in [1.165, 1.54) is 0 Å². The van der Waals surface area contributed by atoms with Gasteiger partial charge in [-0.05, 0) is 33.6 Å². The molecule has 2 N–H and O–H groups in total. The Balaban J connectivity index is 2.31. The highest BCUT2D eigenvalue weighted by atomic mass is 16.6. The van der Waals surface area contributed by atoms with Gasteiger partial charge in [0.1, 0.15) is 0 Å². The third-order valence-corrected chi connectivity index (χ3v) is 4.42. The molecule has 0 aromatic rings. The molecule has 3 amide bonds. The van der Waals surface area contributed by atoms with Crippen molar-refractivity contribution in [2.24, 2.45) is 0 Å². The van der Waals surface area contributed by atoms with Crippen LogP contribution in [0, 0.1) is 0 Å². The van der Waals surface area contributed by atoms with E-state index in [0.29, 0.717) is 39.3 Å². The number of likely N-dealkylation sites (N-methyl/N-ethyl adjacent to an activating group) is 2. The molecule has 0 radical (unpaired) electrons. The molecule has 0 aromatic heterocycles. The Morgan fingerprint density at radius 2 is 1.72 bits per heavy atom. The second-order valence-electron chi connectivity index (χ2n) is 6.40. The maximum Gasteiger partial charge on any atom is 0.409 e. The minimum atomic E-state index is -0.286. The number of nitrogens with zero attached hydrogens (tertiary/aromatic N) is 2. The van der Waals surface area contributed by atoms with Gasteiger partial charge in [0, 0.05) is 32.2 Å². The van der Waals surface area contributed by atoms with Crippen molar-refractivity contribution < 1.29 is 24.0 Å². The summed E-state index contributed by atoms with van der Waals surface area (Å²) in [6.45, 7) is 9.20. The molecule has 144 valence electrons. The lowest BCUT2D eigenvalue weighted by atomic mass is 10.1. The second-order valence-corrected chi connectivity index (χ2v) is 6.40. The number of amides is 3. The molecule has 8 heteroatoms. The zero-order valence-electron chi connectivity index (χ0n) is 16.0. The smallest absolute Gasteiger partial charge is 0.409 e. The Morgan fingerprint density at radius 3 is 2.24 bits per heavy atom. The van der Waals surface area contributed by atoms with Crippen LogP contribution in [0.5, 0.6) is 0 Å². The van der Waals surface area contributed by atoms with Crippen LogP contribution in [0.15, 0.2) is 0 Å². The number of rotatable bonds is 8. The molecule has 8 nitrogen and oxygen atoms in total. The average molecular weight is 357 g/mol. The summed E-state index contributed by atoms with van der Waals surface area (Å²) in [6.07, 6.45) is 1.16. The number of quaternary nitrogens is 1. The van der Waals surface area contributed by atoms with Crippen molar-refractivity contribution in [2.45, 2.75) is 39.7 Å². The lowest BCUT2D eigenvalue weighted by Gasteiger charge is -2.31. The topological polar surface area (TPSA) is 83.4 Å². The summed E-state index contributed by atoms with van der Waals surface area (Å²) in [5.74, 6) is 0.0116. The number of carbonyl (C=O) groups is 3. The van der Waals surface area contributed by atoms with Crippen molar-refractivity contribution in [2.75, 3.05) is 52.9 Å². The Labute approximate surface area is 150 Å². The molecule has 0 aromatic carbocycles. The molecule has 1 saturated heterocycles. The molecule has 1 heterocycles. The highest BCUT2D eigenvalue weighted by Gasteiger charge is 2.25. The molecule has 1 atom stereocenters. The maximum atomic E-state index is 12.2. The van der Waals surface area contributed by atoms with Crippen molar-refractivity contribution in [3.05, 3.63) is 0 Å². The van der Waals surface area contributed by atoms with E-state index in [1.54, 1.807) is 16.7 Å². The second kappa shape index (κ2) is 10.9. The first-order chi connectivity index (χ1) is 11.9. The molecule has 1 rings (SSSR count). The summed E-state index contributed by atoms with van der Waals surface area (Å²) >= 11 is 0. The van der Waals surface area contributed by atoms with Crippen LogP contribution in [0.2, 0.25) is 0 Å². The molecule has 0 spiro atoms. The molecule has 25 heavy (non-hydrogen) atoms. The van der Waals surface area contributed by atoms with Gasteiger partial charge in [0.2, 0.25) is 0 Å². The van der Waals surface area contributed by atoms with Gasteiger partial charge in [-0.1, -0.05) is 0 Å². The summed E-state index contributed by atoms with van der Waals surface area (Å²) in [6, 6.07) is 0.0736. The largest absolute Gasteiger partial charge is 0.450 e. The van der Waals surface area contributed by atoms with E-state index in [0.717, 1.165) is 17.7 Å². The molecule has 1 fully saturated rings. The monoisotopic (exact) mass is 357 g/mol. The fourth-order valence-electron chi connectivity index (χ4n) is 2.98. The number of likely N-dealkylation sites (tertiary alicyclic amines) is 1. The Kier molecular flexibility index (Phi) is 9.26. The van der Waals surface area contributed by atoms with E-state index >= 15 is 0 Å². The number of carbonyl (C=O) groups excluding carboxylic acids is 3. The molecule has 1 aliphatic rings. The van der Waals surface area contributed by atoms with E-state index in [4.69, 9.17) is 4.74 Å². The molecule has 1 unspecified atom stereocenters. The zero-order chi connectivity index (χ0) is 18.8. The predicted molar refractivity (Wildman–Crippen MR) is 94.3 cm³/mol. The summed E-state index contributed by atoms with van der Waals surface area (Å²) in [4.78, 5) is 40.2. The van der Waals surface area contributed by atoms with E-state index in [1.807, 2.05) is 20.9 Å². The van der Waals surface area contributed by atoms with Gasteiger partial charge in [0.15, 0.2) is 13.1 Å². The van der Waals surface area contributed by atoms with Gasteiger partial charge in [-0.25, -0.2) is 4.79 Å². The fraction of sp³-hybridized carbons (Fsp3) is 0.824. The van der Waals surface area contributed by atoms with Crippen molar-refractivity contribution in [1.82, 2.24) is 15.1 Å². The van der Waals surface area contributed by atoms with E-state index < -0.39 is 0 Å². The van der Waals surface area contributed by atoms with Gasteiger partial charge < -0.3 is 24.8 Å². The van der Waals surface area contributed by atoms with Crippen LogP contribution in [-0.2, 0) is 14.3 Å². The van der Waals surface area contributed by atoms with Crippen molar-refractivity contribution in [3.8, 4) is 0 Å². The third kappa shape index (κ3) is 7.29. The fourth-order valence-corrected chi connectivity index (χ4v) is 2.98. The van der Waals surface area contributed by atoms with Gasteiger partial charge in [0.25, 0.3) is 11.8 Å². The minimum Gasteiger partial charge on any atom is -0.450 e. The summed E-state index contributed by atoms with van der Waals surface area (Å²) in [5.41, 5.74) is 0.